The zero-order valence-corrected chi connectivity index (χ0v) is 17.0. The van der Waals surface area contributed by atoms with Crippen LogP contribution >= 0.6 is 0 Å². The lowest BCUT2D eigenvalue weighted by Gasteiger charge is -2.37. The summed E-state index contributed by atoms with van der Waals surface area (Å²) < 4.78 is 22.9. The molecule has 4 rings (SSSR count). The fraction of sp³-hybridized carbons (Fsp3) is 0.458. The van der Waals surface area contributed by atoms with E-state index in [-0.39, 0.29) is 24.6 Å². The van der Waals surface area contributed by atoms with Crippen LogP contribution in [0.15, 0.2) is 54.6 Å². The van der Waals surface area contributed by atoms with Gasteiger partial charge in [0.1, 0.15) is 5.75 Å². The fourth-order valence-corrected chi connectivity index (χ4v) is 3.79. The highest BCUT2D eigenvalue weighted by atomic mass is 16.8. The van der Waals surface area contributed by atoms with Crippen molar-refractivity contribution in [3.63, 3.8) is 0 Å². The molecule has 2 aliphatic rings. The van der Waals surface area contributed by atoms with Crippen LogP contribution in [-0.4, -0.2) is 42.5 Å². The van der Waals surface area contributed by atoms with Crippen molar-refractivity contribution in [3.8, 4) is 5.75 Å². The molecule has 2 aliphatic heterocycles. The van der Waals surface area contributed by atoms with Crippen LogP contribution < -0.4 is 4.74 Å². The monoisotopic (exact) mass is 412 g/mol. The van der Waals surface area contributed by atoms with Gasteiger partial charge in [-0.2, -0.15) is 0 Å². The number of hydrogen-bond acceptors (Lipinski definition) is 6. The van der Waals surface area contributed by atoms with Gasteiger partial charge in [-0.3, -0.25) is 4.79 Å². The molecule has 0 radical (unpaired) electrons. The van der Waals surface area contributed by atoms with Crippen LogP contribution in [0, 0.1) is 0 Å². The standard InChI is InChI=1S/C24H28O6/c25-22(19-6-2-1-3-7-19)16-18-9-11-20(12-10-18)30-24(26)17-21(13-15-28-24)29-23-8-4-5-14-27-23/h1-3,6-7,9-12,21,23,26H,4-5,8,13-17H2. The third kappa shape index (κ3) is 5.67. The number of ketones is 1. The highest BCUT2D eigenvalue weighted by Gasteiger charge is 2.40. The Morgan fingerprint density at radius 2 is 1.83 bits per heavy atom. The third-order valence-corrected chi connectivity index (χ3v) is 5.40. The Bertz CT molecular complexity index is 815. The largest absolute Gasteiger partial charge is 0.439 e. The van der Waals surface area contributed by atoms with Crippen LogP contribution in [0.5, 0.6) is 5.75 Å². The maximum absolute atomic E-state index is 12.4. The van der Waals surface area contributed by atoms with E-state index in [2.05, 4.69) is 0 Å². The van der Waals surface area contributed by atoms with E-state index in [4.69, 9.17) is 18.9 Å². The molecule has 0 spiro atoms. The van der Waals surface area contributed by atoms with Crippen molar-refractivity contribution in [2.75, 3.05) is 13.2 Å². The maximum atomic E-state index is 12.4. The Hall–Kier alpha value is -2.25. The van der Waals surface area contributed by atoms with E-state index in [1.54, 1.807) is 12.1 Å². The van der Waals surface area contributed by atoms with Crippen molar-refractivity contribution < 1.29 is 28.8 Å². The van der Waals surface area contributed by atoms with Crippen LogP contribution in [0.2, 0.25) is 0 Å². The third-order valence-electron chi connectivity index (χ3n) is 5.40. The predicted octanol–water partition coefficient (Wildman–Crippen LogP) is 3.86. The van der Waals surface area contributed by atoms with Crippen LogP contribution in [0.25, 0.3) is 0 Å². The first-order valence-electron chi connectivity index (χ1n) is 10.6. The Labute approximate surface area is 176 Å². The number of aliphatic hydroxyl groups is 1. The van der Waals surface area contributed by atoms with Crippen LogP contribution in [0.4, 0.5) is 0 Å². The van der Waals surface area contributed by atoms with E-state index in [0.29, 0.717) is 37.4 Å². The minimum absolute atomic E-state index is 0.0587. The molecule has 3 unspecified atom stereocenters. The normalized spacial score (nSPS) is 26.8. The highest BCUT2D eigenvalue weighted by molar-refractivity contribution is 5.97. The van der Waals surface area contributed by atoms with Gasteiger partial charge < -0.3 is 24.1 Å². The zero-order chi connectivity index (χ0) is 20.8. The van der Waals surface area contributed by atoms with Gasteiger partial charge in [0.15, 0.2) is 12.1 Å². The second-order valence-electron chi connectivity index (χ2n) is 7.82. The summed E-state index contributed by atoms with van der Waals surface area (Å²) in [6.07, 6.45) is 3.83. The predicted molar refractivity (Wildman–Crippen MR) is 110 cm³/mol. The molecule has 1 N–H and O–H groups in total. The molecule has 6 nitrogen and oxygen atoms in total. The lowest BCUT2D eigenvalue weighted by atomic mass is 10.0. The molecule has 3 atom stereocenters. The average molecular weight is 412 g/mol. The average Bonchev–Trinajstić information content (AvgIpc) is 2.76. The molecular weight excluding hydrogens is 384 g/mol. The molecule has 0 amide bonds. The van der Waals surface area contributed by atoms with Gasteiger partial charge in [-0.05, 0) is 43.4 Å². The van der Waals surface area contributed by atoms with E-state index in [9.17, 15) is 9.90 Å². The second kappa shape index (κ2) is 9.71. The Morgan fingerprint density at radius 1 is 1.03 bits per heavy atom. The lowest BCUT2D eigenvalue weighted by molar-refractivity contribution is -0.356. The topological polar surface area (TPSA) is 74.2 Å². The molecule has 2 heterocycles. The van der Waals surface area contributed by atoms with Gasteiger partial charge in [0.05, 0.1) is 19.1 Å². The number of hydrogen-bond donors (Lipinski definition) is 1. The number of Topliss-reactive ketones (excluding diaryl/α,β-unsaturated/α-hetero) is 1. The number of carbonyl (C=O) groups is 1. The minimum atomic E-state index is -1.74. The molecule has 160 valence electrons. The summed E-state index contributed by atoms with van der Waals surface area (Å²) in [5.74, 6) is -1.20. The van der Waals surface area contributed by atoms with Gasteiger partial charge in [0.2, 0.25) is 0 Å². The van der Waals surface area contributed by atoms with Crippen molar-refractivity contribution >= 4 is 5.78 Å². The summed E-state index contributed by atoms with van der Waals surface area (Å²) in [5.41, 5.74) is 1.57. The van der Waals surface area contributed by atoms with Crippen molar-refractivity contribution in [1.29, 1.82) is 0 Å². The van der Waals surface area contributed by atoms with E-state index in [0.717, 1.165) is 24.8 Å². The summed E-state index contributed by atoms with van der Waals surface area (Å²) >= 11 is 0. The molecule has 2 fully saturated rings. The first-order valence-corrected chi connectivity index (χ1v) is 10.6. The van der Waals surface area contributed by atoms with Gasteiger partial charge >= 0.3 is 5.97 Å². The molecule has 0 saturated carbocycles. The molecule has 2 aromatic carbocycles. The van der Waals surface area contributed by atoms with Gasteiger partial charge in [0.25, 0.3) is 0 Å². The van der Waals surface area contributed by atoms with Crippen LogP contribution in [-0.2, 0) is 20.6 Å². The number of carbonyl (C=O) groups excluding carboxylic acids is 1. The summed E-state index contributed by atoms with van der Waals surface area (Å²) in [6, 6.07) is 16.3. The number of rotatable bonds is 7. The molecule has 30 heavy (non-hydrogen) atoms. The van der Waals surface area contributed by atoms with Crippen molar-refractivity contribution in [3.05, 3.63) is 65.7 Å². The molecule has 2 aromatic rings. The number of benzene rings is 2. The molecule has 0 aliphatic carbocycles. The summed E-state index contributed by atoms with van der Waals surface area (Å²) in [5, 5.41) is 10.8. The number of ether oxygens (including phenoxy) is 4. The molecular formula is C24H28O6. The van der Waals surface area contributed by atoms with Gasteiger partial charge in [-0.1, -0.05) is 42.5 Å². The Kier molecular flexibility index (Phi) is 6.79. The smallest absolute Gasteiger partial charge is 0.326 e. The second-order valence-corrected chi connectivity index (χ2v) is 7.82. The molecule has 0 aromatic heterocycles. The van der Waals surface area contributed by atoms with Gasteiger partial charge in [-0.25, -0.2) is 0 Å². The summed E-state index contributed by atoms with van der Waals surface area (Å²) in [7, 11) is 0. The highest BCUT2D eigenvalue weighted by Crippen LogP contribution is 2.30. The summed E-state index contributed by atoms with van der Waals surface area (Å²) in [4.78, 5) is 12.4. The first-order chi connectivity index (χ1) is 14.6. The molecule has 2 saturated heterocycles. The quantitative estimate of drug-likeness (QED) is 0.550. The molecule has 6 heteroatoms. The van der Waals surface area contributed by atoms with E-state index in [1.165, 1.54) is 0 Å². The Balaban J connectivity index is 1.32. The molecule has 0 bridgehead atoms. The lowest BCUT2D eigenvalue weighted by Crippen LogP contribution is -2.48. The zero-order valence-electron chi connectivity index (χ0n) is 17.0. The first kappa shape index (κ1) is 21.0. The maximum Gasteiger partial charge on any atom is 0.326 e. The van der Waals surface area contributed by atoms with Gasteiger partial charge in [-0.15, -0.1) is 0 Å². The van der Waals surface area contributed by atoms with E-state index >= 15 is 0 Å². The van der Waals surface area contributed by atoms with Crippen LogP contribution in [0.3, 0.4) is 0 Å². The minimum Gasteiger partial charge on any atom is -0.439 e. The van der Waals surface area contributed by atoms with Crippen molar-refractivity contribution in [2.24, 2.45) is 0 Å². The van der Waals surface area contributed by atoms with Crippen molar-refractivity contribution in [2.45, 2.75) is 56.9 Å². The van der Waals surface area contributed by atoms with E-state index < -0.39 is 5.97 Å². The fourth-order valence-electron chi connectivity index (χ4n) is 3.79. The van der Waals surface area contributed by atoms with Crippen LogP contribution in [0.1, 0.15) is 48.0 Å². The summed E-state index contributed by atoms with van der Waals surface area (Å²) in [6.45, 7) is 1.06. The van der Waals surface area contributed by atoms with Crippen molar-refractivity contribution in [1.82, 2.24) is 0 Å². The van der Waals surface area contributed by atoms with E-state index in [1.807, 2.05) is 42.5 Å². The SMILES string of the molecule is O=C(Cc1ccc(OC2(O)CC(OC3CCCCO3)CCO2)cc1)c1ccccc1. The van der Waals surface area contributed by atoms with Gasteiger partial charge in [0, 0.05) is 18.6 Å². The Morgan fingerprint density at radius 3 is 2.57 bits per heavy atom.